The monoisotopic (exact) mass is 659 g/mol. The Morgan fingerprint density at radius 3 is 2.11 bits per heavy atom. The molecule has 0 aliphatic heterocycles. The van der Waals surface area contributed by atoms with Crippen molar-refractivity contribution in [1.29, 1.82) is 0 Å². The standard InChI is InChI=1S/C35H34ClN3O6S/c36-28-14-8-7-13-26(28)23-46-34(30(40)18-20-33(43)44)38-32(42)22-39-27(21-25-11-5-2-6-12-25)16-17-29(35(39)45)37-31(41)19-15-24-9-3-1-4-10-24/h1-14,16-17,34H,15,18-23H2,(H,37,41)(H,38,42)(H,43,44). The molecule has 0 saturated carbocycles. The Balaban J connectivity index is 1.54. The highest BCUT2D eigenvalue weighted by Gasteiger charge is 2.24. The van der Waals surface area contributed by atoms with Crippen LogP contribution in [0.1, 0.15) is 41.6 Å². The Morgan fingerprint density at radius 2 is 1.43 bits per heavy atom. The fourth-order valence-electron chi connectivity index (χ4n) is 4.66. The third-order valence-corrected chi connectivity index (χ3v) is 8.65. The fourth-order valence-corrected chi connectivity index (χ4v) is 6.06. The predicted octanol–water partition coefficient (Wildman–Crippen LogP) is 5.47. The van der Waals surface area contributed by atoms with Crippen LogP contribution in [0.3, 0.4) is 0 Å². The van der Waals surface area contributed by atoms with Gasteiger partial charge in [-0.15, -0.1) is 11.8 Å². The molecule has 3 aromatic carbocycles. The zero-order valence-corrected chi connectivity index (χ0v) is 26.6. The van der Waals surface area contributed by atoms with Gasteiger partial charge in [0.1, 0.15) is 17.6 Å². The van der Waals surface area contributed by atoms with Crippen LogP contribution in [0.25, 0.3) is 0 Å². The molecule has 0 radical (unpaired) electrons. The number of pyridine rings is 1. The summed E-state index contributed by atoms with van der Waals surface area (Å²) in [5.41, 5.74) is 2.65. The summed E-state index contributed by atoms with van der Waals surface area (Å²) >= 11 is 7.39. The van der Waals surface area contributed by atoms with Crippen LogP contribution in [0.4, 0.5) is 5.69 Å². The predicted molar refractivity (Wildman–Crippen MR) is 180 cm³/mol. The third kappa shape index (κ3) is 10.5. The van der Waals surface area contributed by atoms with E-state index in [0.717, 1.165) is 28.5 Å². The van der Waals surface area contributed by atoms with Crippen molar-refractivity contribution in [2.75, 3.05) is 5.32 Å². The van der Waals surface area contributed by atoms with E-state index in [1.54, 1.807) is 30.3 Å². The van der Waals surface area contributed by atoms with E-state index >= 15 is 0 Å². The first kappa shape index (κ1) is 34.2. The average Bonchev–Trinajstić information content (AvgIpc) is 3.05. The van der Waals surface area contributed by atoms with Gasteiger partial charge in [0, 0.05) is 35.7 Å². The van der Waals surface area contributed by atoms with Crippen molar-refractivity contribution in [3.8, 4) is 0 Å². The van der Waals surface area contributed by atoms with Gasteiger partial charge in [0.05, 0.1) is 6.42 Å². The molecule has 46 heavy (non-hydrogen) atoms. The largest absolute Gasteiger partial charge is 0.481 e. The van der Waals surface area contributed by atoms with Gasteiger partial charge in [-0.3, -0.25) is 24.0 Å². The van der Waals surface area contributed by atoms with Crippen LogP contribution in [0.2, 0.25) is 5.02 Å². The third-order valence-electron chi connectivity index (χ3n) is 7.09. The van der Waals surface area contributed by atoms with Crippen molar-refractivity contribution in [2.45, 2.75) is 49.8 Å². The zero-order chi connectivity index (χ0) is 32.9. The summed E-state index contributed by atoms with van der Waals surface area (Å²) in [5.74, 6) is -2.27. The van der Waals surface area contributed by atoms with Gasteiger partial charge in [0.25, 0.3) is 5.56 Å². The summed E-state index contributed by atoms with van der Waals surface area (Å²) in [7, 11) is 0. The first-order valence-corrected chi connectivity index (χ1v) is 16.1. The number of aliphatic carboxylic acids is 1. The molecule has 1 unspecified atom stereocenters. The van der Waals surface area contributed by atoms with Gasteiger partial charge in [-0.2, -0.15) is 0 Å². The van der Waals surface area contributed by atoms with Crippen molar-refractivity contribution in [3.05, 3.63) is 135 Å². The minimum atomic E-state index is -1.13. The minimum Gasteiger partial charge on any atom is -0.481 e. The SMILES string of the molecule is O=C(O)CCC(=O)C(NC(=O)Cn1c(Cc2ccccc2)ccc(NC(=O)CCc2ccccc2)c1=O)SCc1ccccc1Cl. The molecule has 2 amide bonds. The van der Waals surface area contributed by atoms with Crippen LogP contribution in [0, 0.1) is 0 Å². The molecule has 4 aromatic rings. The molecular weight excluding hydrogens is 626 g/mol. The number of carboxylic acid groups (broad SMARTS) is 1. The van der Waals surface area contributed by atoms with E-state index in [1.807, 2.05) is 60.7 Å². The van der Waals surface area contributed by atoms with Crippen molar-refractivity contribution in [1.82, 2.24) is 9.88 Å². The molecule has 1 aromatic heterocycles. The Hall–Kier alpha value is -4.67. The second-order valence-corrected chi connectivity index (χ2v) is 12.0. The van der Waals surface area contributed by atoms with Crippen LogP contribution in [-0.4, -0.2) is 38.6 Å². The highest BCUT2D eigenvalue weighted by Crippen LogP contribution is 2.24. The molecule has 9 nitrogen and oxygen atoms in total. The molecule has 11 heteroatoms. The number of nitrogens with zero attached hydrogens (tertiary/aromatic N) is 1. The number of thioether (sulfide) groups is 1. The number of rotatable bonds is 16. The van der Waals surface area contributed by atoms with E-state index in [2.05, 4.69) is 10.6 Å². The minimum absolute atomic E-state index is 0.0323. The van der Waals surface area contributed by atoms with Crippen LogP contribution < -0.4 is 16.2 Å². The molecule has 1 atom stereocenters. The van der Waals surface area contributed by atoms with E-state index in [4.69, 9.17) is 16.7 Å². The summed E-state index contributed by atoms with van der Waals surface area (Å²) in [6.45, 7) is -0.426. The second-order valence-electron chi connectivity index (χ2n) is 10.5. The quantitative estimate of drug-likeness (QED) is 0.136. The summed E-state index contributed by atoms with van der Waals surface area (Å²) in [6.07, 6.45) is 0.342. The van der Waals surface area contributed by atoms with Crippen molar-refractivity contribution in [2.24, 2.45) is 0 Å². The highest BCUT2D eigenvalue weighted by atomic mass is 35.5. The number of hydrogen-bond donors (Lipinski definition) is 3. The van der Waals surface area contributed by atoms with Gasteiger partial charge in [0.15, 0.2) is 5.78 Å². The lowest BCUT2D eigenvalue weighted by molar-refractivity contribution is -0.138. The fraction of sp³-hybridized carbons (Fsp3) is 0.229. The Labute approximate surface area is 276 Å². The first-order chi connectivity index (χ1) is 22.2. The molecule has 0 spiro atoms. The topological polar surface area (TPSA) is 135 Å². The number of aryl methyl sites for hydroxylation is 1. The Kier molecular flexibility index (Phi) is 12.7. The second kappa shape index (κ2) is 17.1. The Bertz CT molecular complexity index is 1730. The lowest BCUT2D eigenvalue weighted by atomic mass is 10.1. The van der Waals surface area contributed by atoms with E-state index < -0.39 is 35.1 Å². The van der Waals surface area contributed by atoms with Gasteiger partial charge < -0.3 is 20.3 Å². The lowest BCUT2D eigenvalue weighted by Crippen LogP contribution is -2.42. The smallest absolute Gasteiger partial charge is 0.303 e. The van der Waals surface area contributed by atoms with Gasteiger partial charge in [-0.25, -0.2) is 0 Å². The van der Waals surface area contributed by atoms with Crippen molar-refractivity contribution < 1.29 is 24.3 Å². The normalized spacial score (nSPS) is 11.4. The summed E-state index contributed by atoms with van der Waals surface area (Å²) in [5, 5.41) is 13.9. The summed E-state index contributed by atoms with van der Waals surface area (Å²) in [4.78, 5) is 64.0. The number of nitrogens with one attached hydrogen (secondary N) is 2. The van der Waals surface area contributed by atoms with Gasteiger partial charge in [0.2, 0.25) is 11.8 Å². The average molecular weight is 660 g/mol. The van der Waals surface area contributed by atoms with E-state index in [1.165, 1.54) is 10.6 Å². The number of halogens is 1. The van der Waals surface area contributed by atoms with Gasteiger partial charge >= 0.3 is 5.97 Å². The number of Topliss-reactive ketones (excluding diaryl/α,β-unsaturated/α-hetero) is 1. The van der Waals surface area contributed by atoms with E-state index in [-0.39, 0.29) is 36.6 Å². The highest BCUT2D eigenvalue weighted by molar-refractivity contribution is 7.99. The first-order valence-electron chi connectivity index (χ1n) is 14.7. The Morgan fingerprint density at radius 1 is 0.783 bits per heavy atom. The molecule has 1 heterocycles. The molecule has 0 fully saturated rings. The molecule has 4 rings (SSSR count). The molecule has 0 saturated heterocycles. The number of benzene rings is 3. The number of ketones is 1. The summed E-state index contributed by atoms with van der Waals surface area (Å²) in [6, 6.07) is 29.2. The maximum atomic E-state index is 13.7. The number of aromatic nitrogens is 1. The number of anilines is 1. The molecule has 0 aliphatic carbocycles. The molecular formula is C35H34ClN3O6S. The van der Waals surface area contributed by atoms with Crippen molar-refractivity contribution in [3.63, 3.8) is 0 Å². The van der Waals surface area contributed by atoms with Crippen LogP contribution in [-0.2, 0) is 44.3 Å². The lowest BCUT2D eigenvalue weighted by Gasteiger charge is -2.20. The molecule has 238 valence electrons. The van der Waals surface area contributed by atoms with Gasteiger partial charge in [-0.05, 0) is 41.3 Å². The number of hydrogen-bond acceptors (Lipinski definition) is 6. The summed E-state index contributed by atoms with van der Waals surface area (Å²) < 4.78 is 1.28. The number of carboxylic acids is 1. The molecule has 0 aliphatic rings. The van der Waals surface area contributed by atoms with E-state index in [0.29, 0.717) is 23.6 Å². The maximum Gasteiger partial charge on any atom is 0.303 e. The number of amides is 2. The maximum absolute atomic E-state index is 13.7. The molecule has 3 N–H and O–H groups in total. The zero-order valence-electron chi connectivity index (χ0n) is 25.0. The molecule has 0 bridgehead atoms. The van der Waals surface area contributed by atoms with Crippen molar-refractivity contribution >= 4 is 52.6 Å². The van der Waals surface area contributed by atoms with E-state index in [9.17, 15) is 24.0 Å². The van der Waals surface area contributed by atoms with Crippen LogP contribution in [0.5, 0.6) is 0 Å². The number of carbonyl (C=O) groups excluding carboxylic acids is 3. The number of carbonyl (C=O) groups is 4. The van der Waals surface area contributed by atoms with Gasteiger partial charge in [-0.1, -0.05) is 90.5 Å². The van der Waals surface area contributed by atoms with Crippen LogP contribution in [0.15, 0.2) is 102 Å². The van der Waals surface area contributed by atoms with Crippen LogP contribution >= 0.6 is 23.4 Å².